The van der Waals surface area contributed by atoms with Gasteiger partial charge in [-0.05, 0) is 55.7 Å². The Morgan fingerprint density at radius 3 is 2.46 bits per heavy atom. The minimum absolute atomic E-state index is 0.0990. The molecule has 1 aliphatic rings. The third-order valence-corrected chi connectivity index (χ3v) is 6.90. The Morgan fingerprint density at radius 2 is 1.80 bits per heavy atom. The summed E-state index contributed by atoms with van der Waals surface area (Å²) in [6.07, 6.45) is 0.948. The fourth-order valence-electron chi connectivity index (χ4n) is 3.85. The van der Waals surface area contributed by atoms with Gasteiger partial charge in [-0.2, -0.15) is 4.68 Å². The number of nitrogens with zero attached hydrogens (tertiary/aromatic N) is 2. The molecule has 2 aromatic carbocycles. The van der Waals surface area contributed by atoms with E-state index in [4.69, 9.17) is 4.74 Å². The van der Waals surface area contributed by atoms with Crippen LogP contribution in [0.2, 0.25) is 0 Å². The predicted octanol–water partition coefficient (Wildman–Crippen LogP) is 4.91. The number of thiophene rings is 1. The highest BCUT2D eigenvalue weighted by Crippen LogP contribution is 2.46. The first kappa shape index (κ1) is 22.7. The molecule has 1 aliphatic carbocycles. The summed E-state index contributed by atoms with van der Waals surface area (Å²) in [5.41, 5.74) is 0.859. The average molecular weight is 493 g/mol. The Bertz CT molecular complexity index is 1430. The fourth-order valence-corrected chi connectivity index (χ4v) is 4.84. The van der Waals surface area contributed by atoms with Crippen molar-refractivity contribution in [1.82, 2.24) is 15.1 Å². The maximum Gasteiger partial charge on any atom is 0.436 e. The van der Waals surface area contributed by atoms with Gasteiger partial charge in [0.15, 0.2) is 5.82 Å². The molecule has 2 aromatic heterocycles. The van der Waals surface area contributed by atoms with E-state index in [1.54, 1.807) is 13.0 Å². The number of carbonyl (C=O) groups is 3. The van der Waals surface area contributed by atoms with Crippen molar-refractivity contribution < 1.29 is 23.5 Å². The molecule has 0 saturated heterocycles. The highest BCUT2D eigenvalue weighted by molar-refractivity contribution is 7.20. The van der Waals surface area contributed by atoms with Gasteiger partial charge in [-0.3, -0.25) is 9.59 Å². The van der Waals surface area contributed by atoms with E-state index in [2.05, 4.69) is 15.7 Å². The van der Waals surface area contributed by atoms with Crippen LogP contribution in [0.1, 0.15) is 45.4 Å². The number of amides is 2. The Balaban J connectivity index is 1.46. The second-order valence-corrected chi connectivity index (χ2v) is 9.18. The van der Waals surface area contributed by atoms with Gasteiger partial charge in [0, 0.05) is 5.56 Å². The number of benzene rings is 2. The van der Waals surface area contributed by atoms with E-state index in [-0.39, 0.29) is 23.9 Å². The van der Waals surface area contributed by atoms with Crippen LogP contribution >= 0.6 is 11.3 Å². The molecule has 0 bridgehead atoms. The molecule has 0 aliphatic heterocycles. The molecule has 0 spiro atoms. The number of nitrogens with one attached hydrogen (secondary N) is 2. The second-order valence-electron chi connectivity index (χ2n) is 8.15. The van der Waals surface area contributed by atoms with Crippen molar-refractivity contribution in [2.75, 3.05) is 11.9 Å². The molecular formula is C25H21FN4O4S. The van der Waals surface area contributed by atoms with Crippen LogP contribution in [0.4, 0.5) is 15.0 Å². The summed E-state index contributed by atoms with van der Waals surface area (Å²) in [5, 5.41) is 10.4. The summed E-state index contributed by atoms with van der Waals surface area (Å²) in [4.78, 5) is 39.1. The first-order valence-electron chi connectivity index (χ1n) is 11.0. The lowest BCUT2D eigenvalue weighted by Gasteiger charge is -2.17. The Kier molecular flexibility index (Phi) is 5.81. The van der Waals surface area contributed by atoms with Gasteiger partial charge < -0.3 is 15.4 Å². The first-order valence-corrected chi connectivity index (χ1v) is 11.9. The summed E-state index contributed by atoms with van der Waals surface area (Å²) in [6.45, 7) is 1.80. The number of ether oxygens (including phenoxy) is 1. The monoisotopic (exact) mass is 492 g/mol. The molecule has 8 nitrogen and oxygen atoms in total. The van der Waals surface area contributed by atoms with Gasteiger partial charge in [0.2, 0.25) is 0 Å². The lowest BCUT2D eigenvalue weighted by atomic mass is 10.1. The van der Waals surface area contributed by atoms with Gasteiger partial charge in [-0.15, -0.1) is 16.4 Å². The van der Waals surface area contributed by atoms with E-state index in [0.29, 0.717) is 15.1 Å². The molecule has 1 fully saturated rings. The molecule has 2 N–H and O–H groups in total. The molecular weight excluding hydrogens is 471 g/mol. The van der Waals surface area contributed by atoms with Gasteiger partial charge in [-0.25, -0.2) is 9.18 Å². The van der Waals surface area contributed by atoms with Crippen molar-refractivity contribution in [3.8, 4) is 0 Å². The quantitative estimate of drug-likeness (QED) is 0.398. The van der Waals surface area contributed by atoms with Crippen molar-refractivity contribution in [3.63, 3.8) is 0 Å². The fraction of sp³-hybridized carbons (Fsp3) is 0.200. The zero-order chi connectivity index (χ0) is 24.6. The molecule has 2 amide bonds. The number of anilines is 1. The molecule has 1 saturated carbocycles. The second kappa shape index (κ2) is 8.95. The number of hydrogen-bond donors (Lipinski definition) is 2. The lowest BCUT2D eigenvalue weighted by Crippen LogP contribution is -2.34. The largest absolute Gasteiger partial charge is 0.448 e. The molecule has 0 atom stereocenters. The maximum atomic E-state index is 13.2. The summed E-state index contributed by atoms with van der Waals surface area (Å²) in [6, 6.07) is 16.4. The van der Waals surface area contributed by atoms with Crippen LogP contribution < -0.4 is 10.6 Å². The molecule has 2 heterocycles. The lowest BCUT2D eigenvalue weighted by molar-refractivity contribution is 0.0934. The van der Waals surface area contributed by atoms with Crippen molar-refractivity contribution in [2.45, 2.75) is 25.3 Å². The number of carbonyl (C=O) groups excluding carboxylic acids is 3. The minimum Gasteiger partial charge on any atom is -0.448 e. The maximum absolute atomic E-state index is 13.2. The highest BCUT2D eigenvalue weighted by atomic mass is 32.1. The Hall–Kier alpha value is -4.05. The van der Waals surface area contributed by atoms with Gasteiger partial charge in [0.25, 0.3) is 11.8 Å². The Morgan fingerprint density at radius 1 is 1.09 bits per heavy atom. The van der Waals surface area contributed by atoms with Crippen molar-refractivity contribution >= 4 is 45.3 Å². The third kappa shape index (κ3) is 4.40. The molecule has 10 heteroatoms. The zero-order valence-electron chi connectivity index (χ0n) is 18.7. The van der Waals surface area contributed by atoms with Crippen LogP contribution in [0.5, 0.6) is 0 Å². The summed E-state index contributed by atoms with van der Waals surface area (Å²) in [7, 11) is 0. The smallest absolute Gasteiger partial charge is 0.436 e. The number of rotatable bonds is 6. The van der Waals surface area contributed by atoms with E-state index in [1.165, 1.54) is 24.3 Å². The van der Waals surface area contributed by atoms with E-state index in [9.17, 15) is 18.8 Å². The van der Waals surface area contributed by atoms with Gasteiger partial charge in [0.05, 0.1) is 22.4 Å². The minimum atomic E-state index is -0.725. The van der Waals surface area contributed by atoms with E-state index in [0.717, 1.165) is 34.4 Å². The third-order valence-electron chi connectivity index (χ3n) is 5.79. The van der Waals surface area contributed by atoms with Crippen LogP contribution in [0.3, 0.4) is 0 Å². The number of halogens is 1. The predicted molar refractivity (Wildman–Crippen MR) is 129 cm³/mol. The molecule has 35 heavy (non-hydrogen) atoms. The average Bonchev–Trinajstić information content (AvgIpc) is 3.37. The number of hydrogen-bond acceptors (Lipinski definition) is 6. The SMILES string of the molecule is CCOC(=O)n1nc(NC(=O)c2ccc(F)cc2)c2cc(C(=O)NC3(c4ccccc4)CC3)sc21. The van der Waals surface area contributed by atoms with Gasteiger partial charge >= 0.3 is 6.09 Å². The normalized spacial score (nSPS) is 13.9. The molecule has 178 valence electrons. The van der Waals surface area contributed by atoms with Gasteiger partial charge in [0.1, 0.15) is 10.6 Å². The molecule has 0 radical (unpaired) electrons. The first-order chi connectivity index (χ1) is 16.9. The molecule has 4 aromatic rings. The Labute approximate surface area is 203 Å². The van der Waals surface area contributed by atoms with E-state index >= 15 is 0 Å². The zero-order valence-corrected chi connectivity index (χ0v) is 19.5. The molecule has 0 unspecified atom stereocenters. The van der Waals surface area contributed by atoms with Crippen molar-refractivity contribution in [2.24, 2.45) is 0 Å². The van der Waals surface area contributed by atoms with E-state index in [1.807, 2.05) is 30.3 Å². The number of aromatic nitrogens is 2. The number of fused-ring (bicyclic) bond motifs is 1. The van der Waals surface area contributed by atoms with Crippen LogP contribution in [-0.4, -0.2) is 34.3 Å². The molecule has 5 rings (SSSR count). The summed E-state index contributed by atoms with van der Waals surface area (Å²) < 4.78 is 19.3. The summed E-state index contributed by atoms with van der Waals surface area (Å²) in [5.74, 6) is -1.17. The van der Waals surface area contributed by atoms with Gasteiger partial charge in [-0.1, -0.05) is 30.3 Å². The van der Waals surface area contributed by atoms with Crippen LogP contribution in [-0.2, 0) is 10.3 Å². The standard InChI is InChI=1S/C25H21FN4O4S/c1-2-34-24(33)30-23-18(20(29-30)27-21(31)15-8-10-17(26)11-9-15)14-19(35-23)22(32)28-25(12-13-25)16-6-4-3-5-7-16/h3-11,14H,2,12-13H2,1H3,(H,28,32)(H,27,29,31). The topological polar surface area (TPSA) is 102 Å². The van der Waals surface area contributed by atoms with Crippen LogP contribution in [0.25, 0.3) is 10.2 Å². The van der Waals surface area contributed by atoms with Crippen molar-refractivity contribution in [3.05, 3.63) is 82.5 Å². The van der Waals surface area contributed by atoms with Crippen LogP contribution in [0.15, 0.2) is 60.7 Å². The van der Waals surface area contributed by atoms with E-state index < -0.39 is 23.4 Å². The van der Waals surface area contributed by atoms with Crippen LogP contribution in [0, 0.1) is 5.82 Å². The summed E-state index contributed by atoms with van der Waals surface area (Å²) >= 11 is 1.08. The van der Waals surface area contributed by atoms with Crippen molar-refractivity contribution in [1.29, 1.82) is 0 Å². The highest BCUT2D eigenvalue weighted by Gasteiger charge is 2.45.